The summed E-state index contributed by atoms with van der Waals surface area (Å²) in [6.07, 6.45) is 1.09. The van der Waals surface area contributed by atoms with Crippen LogP contribution >= 0.6 is 22.6 Å². The first kappa shape index (κ1) is 15.7. The Kier molecular flexibility index (Phi) is 6.94. The minimum absolute atomic E-state index is 0.266. The molecule has 16 heavy (non-hydrogen) atoms. The predicted octanol–water partition coefficient (Wildman–Crippen LogP) is 2.54. The largest absolute Gasteiger partial charge is 0.469 e. The number of alkyl halides is 1. The Morgan fingerprint density at radius 2 is 2.00 bits per heavy atom. The fourth-order valence-electron chi connectivity index (χ4n) is 1.57. The molecule has 0 aromatic carbocycles. The molecule has 0 N–H and O–H groups in total. The van der Waals surface area contributed by atoms with Crippen molar-refractivity contribution in [1.82, 2.24) is 0 Å². The molecule has 0 heterocycles. The van der Waals surface area contributed by atoms with E-state index in [1.54, 1.807) is 6.92 Å². The van der Waals surface area contributed by atoms with Gasteiger partial charge < -0.3 is 9.47 Å². The van der Waals surface area contributed by atoms with Crippen molar-refractivity contribution in [2.75, 3.05) is 11.7 Å². The fraction of sp³-hybridized carbons (Fsp3) is 0.818. The van der Waals surface area contributed by atoms with Crippen molar-refractivity contribution in [3.63, 3.8) is 0 Å². The summed E-state index contributed by atoms with van der Waals surface area (Å²) in [5, 5.41) is 0. The van der Waals surface area contributed by atoms with E-state index >= 15 is 0 Å². The molecule has 0 bridgehead atoms. The maximum absolute atomic E-state index is 11.6. The molecule has 0 saturated heterocycles. The van der Waals surface area contributed by atoms with Crippen LogP contribution in [-0.4, -0.2) is 23.7 Å². The number of halogens is 1. The Bertz CT molecular complexity index is 254. The molecule has 2 atom stereocenters. The molecule has 0 aliphatic heterocycles. The first-order valence-electron chi connectivity index (χ1n) is 5.22. The van der Waals surface area contributed by atoms with E-state index in [9.17, 15) is 9.59 Å². The zero-order chi connectivity index (χ0) is 12.8. The van der Waals surface area contributed by atoms with Crippen molar-refractivity contribution in [2.24, 2.45) is 11.3 Å². The molecule has 0 aromatic heterocycles. The summed E-state index contributed by atoms with van der Waals surface area (Å²) in [4.78, 5) is 23.1. The van der Waals surface area contributed by atoms with Crippen LogP contribution in [0.4, 0.5) is 0 Å². The van der Waals surface area contributed by atoms with Crippen molar-refractivity contribution in [1.29, 1.82) is 0 Å². The molecular formula is C11H19IO4. The van der Waals surface area contributed by atoms with Crippen LogP contribution in [0.25, 0.3) is 0 Å². The second-order valence-corrected chi connectivity index (χ2v) is 4.71. The smallest absolute Gasteiger partial charge is 0.311 e. The van der Waals surface area contributed by atoms with E-state index in [1.165, 1.54) is 7.11 Å². The maximum atomic E-state index is 11.6. The summed E-state index contributed by atoms with van der Waals surface area (Å²) >= 11 is 1.97. The topological polar surface area (TPSA) is 52.6 Å². The number of carbonyl (C=O) groups is 2. The number of hydrogen-bond acceptors (Lipinski definition) is 4. The Morgan fingerprint density at radius 3 is 2.38 bits per heavy atom. The van der Waals surface area contributed by atoms with Crippen LogP contribution in [0.1, 0.15) is 33.6 Å². The van der Waals surface area contributed by atoms with E-state index in [4.69, 9.17) is 9.47 Å². The Balaban J connectivity index is 4.53. The minimum atomic E-state index is -0.613. The number of rotatable bonds is 6. The Labute approximate surface area is 110 Å². The van der Waals surface area contributed by atoms with Gasteiger partial charge in [-0.1, -0.05) is 13.8 Å². The van der Waals surface area contributed by atoms with Gasteiger partial charge >= 0.3 is 11.9 Å². The van der Waals surface area contributed by atoms with E-state index in [1.807, 2.05) is 36.4 Å². The van der Waals surface area contributed by atoms with E-state index in [2.05, 4.69) is 0 Å². The zero-order valence-corrected chi connectivity index (χ0v) is 12.4. The summed E-state index contributed by atoms with van der Waals surface area (Å²) in [6, 6.07) is 0. The first-order chi connectivity index (χ1) is 7.41. The van der Waals surface area contributed by atoms with Gasteiger partial charge in [0.05, 0.1) is 18.4 Å². The summed E-state index contributed by atoms with van der Waals surface area (Å²) in [5.41, 5.74) is -0.613. The molecule has 0 aliphatic carbocycles. The van der Waals surface area contributed by atoms with Crippen molar-refractivity contribution in [3.05, 3.63) is 0 Å². The number of methoxy groups -OCH3 is 1. The van der Waals surface area contributed by atoms with Crippen molar-refractivity contribution in [2.45, 2.75) is 33.6 Å². The van der Waals surface area contributed by atoms with Gasteiger partial charge in [-0.3, -0.25) is 9.59 Å². The van der Waals surface area contributed by atoms with Crippen molar-refractivity contribution in [3.8, 4) is 0 Å². The monoisotopic (exact) mass is 342 g/mol. The van der Waals surface area contributed by atoms with Gasteiger partial charge in [0.1, 0.15) is 4.61 Å². The van der Waals surface area contributed by atoms with Crippen LogP contribution in [0.2, 0.25) is 0 Å². The van der Waals surface area contributed by atoms with E-state index in [0.717, 1.165) is 0 Å². The lowest BCUT2D eigenvalue weighted by Gasteiger charge is -2.27. The average Bonchev–Trinajstić information content (AvgIpc) is 2.27. The Hall–Kier alpha value is -0.330. The molecule has 0 amide bonds. The number of carbonyl (C=O) groups excluding carboxylic acids is 2. The second-order valence-electron chi connectivity index (χ2n) is 4.08. The Morgan fingerprint density at radius 1 is 1.44 bits per heavy atom. The van der Waals surface area contributed by atoms with Gasteiger partial charge in [0.15, 0.2) is 0 Å². The van der Waals surface area contributed by atoms with Gasteiger partial charge in [0.25, 0.3) is 0 Å². The highest BCUT2D eigenvalue weighted by atomic mass is 127. The first-order valence-corrected chi connectivity index (χ1v) is 6.74. The molecule has 0 fully saturated rings. The van der Waals surface area contributed by atoms with Crippen LogP contribution in [-0.2, 0) is 19.1 Å². The fourth-order valence-corrected chi connectivity index (χ4v) is 1.88. The van der Waals surface area contributed by atoms with Gasteiger partial charge in [0.2, 0.25) is 0 Å². The maximum Gasteiger partial charge on any atom is 0.311 e. The minimum Gasteiger partial charge on any atom is -0.469 e. The standard InChI is InChI=1S/C11H19IO4/c1-5-11(3,10(14)15-4)6-8(2)9(13)16-7-12/h8H,5-7H2,1-4H3. The quantitative estimate of drug-likeness (QED) is 0.423. The van der Waals surface area contributed by atoms with Gasteiger partial charge in [-0.15, -0.1) is 0 Å². The summed E-state index contributed by atoms with van der Waals surface area (Å²) in [5.74, 6) is -0.832. The molecule has 5 heteroatoms. The molecule has 4 nitrogen and oxygen atoms in total. The lowest BCUT2D eigenvalue weighted by molar-refractivity contribution is -0.155. The number of ether oxygens (including phenoxy) is 2. The molecule has 0 radical (unpaired) electrons. The SMILES string of the molecule is CCC(C)(CC(C)C(=O)OCI)C(=O)OC. The zero-order valence-electron chi connectivity index (χ0n) is 10.2. The summed E-state index contributed by atoms with van der Waals surface area (Å²) < 4.78 is 9.99. The number of hydrogen-bond donors (Lipinski definition) is 0. The third-order valence-corrected chi connectivity index (χ3v) is 3.13. The third-order valence-electron chi connectivity index (χ3n) is 2.81. The lowest BCUT2D eigenvalue weighted by Crippen LogP contribution is -2.32. The van der Waals surface area contributed by atoms with Crippen LogP contribution in [0.5, 0.6) is 0 Å². The van der Waals surface area contributed by atoms with Crippen LogP contribution in [0.3, 0.4) is 0 Å². The van der Waals surface area contributed by atoms with Gasteiger partial charge in [-0.05, 0) is 42.4 Å². The highest BCUT2D eigenvalue weighted by molar-refractivity contribution is 14.1. The van der Waals surface area contributed by atoms with Gasteiger partial charge in [-0.2, -0.15) is 0 Å². The van der Waals surface area contributed by atoms with Crippen LogP contribution in [0, 0.1) is 11.3 Å². The molecule has 0 aliphatic rings. The van der Waals surface area contributed by atoms with E-state index < -0.39 is 5.41 Å². The van der Waals surface area contributed by atoms with Gasteiger partial charge in [-0.25, -0.2) is 0 Å². The van der Waals surface area contributed by atoms with Crippen molar-refractivity contribution >= 4 is 34.5 Å². The molecular weight excluding hydrogens is 323 g/mol. The highest BCUT2D eigenvalue weighted by Crippen LogP contribution is 2.31. The normalized spacial score (nSPS) is 16.1. The van der Waals surface area contributed by atoms with E-state index in [-0.39, 0.29) is 17.9 Å². The predicted molar refractivity (Wildman–Crippen MR) is 69.2 cm³/mol. The summed E-state index contributed by atoms with van der Waals surface area (Å²) in [7, 11) is 1.37. The molecule has 0 rings (SSSR count). The lowest BCUT2D eigenvalue weighted by atomic mass is 9.79. The van der Waals surface area contributed by atoms with Gasteiger partial charge in [0, 0.05) is 0 Å². The summed E-state index contributed by atoms with van der Waals surface area (Å²) in [6.45, 7) is 5.49. The van der Waals surface area contributed by atoms with E-state index in [0.29, 0.717) is 17.5 Å². The highest BCUT2D eigenvalue weighted by Gasteiger charge is 2.36. The molecule has 0 saturated carbocycles. The second kappa shape index (κ2) is 7.09. The molecule has 2 unspecified atom stereocenters. The molecule has 94 valence electrons. The van der Waals surface area contributed by atoms with Crippen molar-refractivity contribution < 1.29 is 19.1 Å². The van der Waals surface area contributed by atoms with Crippen LogP contribution < -0.4 is 0 Å². The average molecular weight is 342 g/mol. The van der Waals surface area contributed by atoms with Crippen LogP contribution in [0.15, 0.2) is 0 Å². The number of esters is 2. The third kappa shape index (κ3) is 4.27. The molecule has 0 spiro atoms. The molecule has 0 aromatic rings.